The Morgan fingerprint density at radius 3 is 2.19 bits per heavy atom. The van der Waals surface area contributed by atoms with Crippen molar-refractivity contribution in [2.75, 3.05) is 0 Å². The maximum absolute atomic E-state index is 11.4. The molecule has 0 amide bonds. The van der Waals surface area contributed by atoms with Crippen LogP contribution in [0.15, 0.2) is 0 Å². The predicted molar refractivity (Wildman–Crippen MR) is 64.2 cm³/mol. The molecular formula is C13H24O3. The van der Waals surface area contributed by atoms with Gasteiger partial charge in [0.15, 0.2) is 0 Å². The van der Waals surface area contributed by atoms with Gasteiger partial charge in [0.2, 0.25) is 0 Å². The number of Topliss-reactive ketones (excluding diaryl/α,β-unsaturated/α-hetero) is 1. The molecule has 0 spiro atoms. The van der Waals surface area contributed by atoms with Gasteiger partial charge in [0.1, 0.15) is 17.8 Å². The van der Waals surface area contributed by atoms with Crippen molar-refractivity contribution in [3.63, 3.8) is 0 Å². The summed E-state index contributed by atoms with van der Waals surface area (Å²) in [5, 5.41) is 0. The van der Waals surface area contributed by atoms with E-state index >= 15 is 0 Å². The zero-order valence-electron chi connectivity index (χ0n) is 11.0. The van der Waals surface area contributed by atoms with Crippen LogP contribution < -0.4 is 0 Å². The van der Waals surface area contributed by atoms with Crippen LogP contribution >= 0.6 is 0 Å². The van der Waals surface area contributed by atoms with Crippen molar-refractivity contribution < 1.29 is 14.3 Å². The Morgan fingerprint density at radius 2 is 1.69 bits per heavy atom. The van der Waals surface area contributed by atoms with Gasteiger partial charge >= 0.3 is 5.97 Å². The molecule has 0 aromatic carbocycles. The van der Waals surface area contributed by atoms with Crippen LogP contribution in [-0.2, 0) is 14.3 Å². The molecule has 0 unspecified atom stereocenters. The molecule has 16 heavy (non-hydrogen) atoms. The number of hydrogen-bond donors (Lipinski definition) is 0. The summed E-state index contributed by atoms with van der Waals surface area (Å²) in [7, 11) is 0. The molecule has 0 aromatic heterocycles. The summed E-state index contributed by atoms with van der Waals surface area (Å²) < 4.78 is 5.08. The SMILES string of the molecule is CCCCCCC(=O)CC(=O)OC(C)(C)C. The van der Waals surface area contributed by atoms with Crippen LogP contribution in [0, 0.1) is 0 Å². The van der Waals surface area contributed by atoms with E-state index in [1.807, 2.05) is 0 Å². The molecule has 0 saturated heterocycles. The normalized spacial score (nSPS) is 11.2. The van der Waals surface area contributed by atoms with Crippen molar-refractivity contribution in [2.45, 2.75) is 71.8 Å². The third kappa shape index (κ3) is 9.69. The monoisotopic (exact) mass is 228 g/mol. The molecule has 0 aliphatic heterocycles. The Kier molecular flexibility index (Phi) is 7.02. The molecule has 0 fully saturated rings. The second-order valence-electron chi connectivity index (χ2n) is 5.11. The first kappa shape index (κ1) is 15.1. The third-order valence-corrected chi connectivity index (χ3v) is 2.07. The molecule has 0 bridgehead atoms. The van der Waals surface area contributed by atoms with E-state index in [0.29, 0.717) is 6.42 Å². The van der Waals surface area contributed by atoms with Crippen molar-refractivity contribution >= 4 is 11.8 Å². The topological polar surface area (TPSA) is 43.4 Å². The van der Waals surface area contributed by atoms with Crippen molar-refractivity contribution in [3.8, 4) is 0 Å². The molecule has 0 saturated carbocycles. The largest absolute Gasteiger partial charge is 0.460 e. The van der Waals surface area contributed by atoms with Gasteiger partial charge in [0.05, 0.1) is 0 Å². The minimum Gasteiger partial charge on any atom is -0.460 e. The van der Waals surface area contributed by atoms with Gasteiger partial charge in [-0.25, -0.2) is 0 Å². The van der Waals surface area contributed by atoms with Gasteiger partial charge in [0, 0.05) is 6.42 Å². The van der Waals surface area contributed by atoms with Crippen molar-refractivity contribution in [1.29, 1.82) is 0 Å². The summed E-state index contributed by atoms with van der Waals surface area (Å²) in [5.41, 5.74) is -0.500. The van der Waals surface area contributed by atoms with Crippen LogP contribution in [0.5, 0.6) is 0 Å². The Bertz CT molecular complexity index is 226. The summed E-state index contributed by atoms with van der Waals surface area (Å²) in [4.78, 5) is 22.7. The van der Waals surface area contributed by atoms with Gasteiger partial charge in [-0.15, -0.1) is 0 Å². The highest BCUT2D eigenvalue weighted by molar-refractivity contribution is 5.95. The summed E-state index contributed by atoms with van der Waals surface area (Å²) in [6.07, 6.45) is 4.68. The van der Waals surface area contributed by atoms with Crippen LogP contribution in [0.25, 0.3) is 0 Å². The van der Waals surface area contributed by atoms with Gasteiger partial charge in [0.25, 0.3) is 0 Å². The fraction of sp³-hybridized carbons (Fsp3) is 0.846. The number of carbonyl (C=O) groups excluding carboxylic acids is 2. The number of esters is 1. The smallest absolute Gasteiger partial charge is 0.313 e. The molecule has 3 heteroatoms. The van der Waals surface area contributed by atoms with E-state index in [4.69, 9.17) is 4.74 Å². The standard InChI is InChI=1S/C13H24O3/c1-5-6-7-8-9-11(14)10-12(15)16-13(2,3)4/h5-10H2,1-4H3. The van der Waals surface area contributed by atoms with Crippen LogP contribution in [0.4, 0.5) is 0 Å². The summed E-state index contributed by atoms with van der Waals surface area (Å²) in [6.45, 7) is 7.53. The summed E-state index contributed by atoms with van der Waals surface area (Å²) in [6, 6.07) is 0. The summed E-state index contributed by atoms with van der Waals surface area (Å²) in [5.74, 6) is -0.418. The Morgan fingerprint density at radius 1 is 1.06 bits per heavy atom. The molecule has 0 rings (SSSR count). The van der Waals surface area contributed by atoms with E-state index in [2.05, 4.69) is 6.92 Å². The Hall–Kier alpha value is -0.860. The first-order chi connectivity index (χ1) is 7.35. The lowest BCUT2D eigenvalue weighted by Crippen LogP contribution is -2.25. The number of hydrogen-bond acceptors (Lipinski definition) is 3. The molecule has 0 N–H and O–H groups in total. The fourth-order valence-electron chi connectivity index (χ4n) is 1.38. The number of carbonyl (C=O) groups is 2. The maximum atomic E-state index is 11.4. The average molecular weight is 228 g/mol. The molecule has 0 aromatic rings. The fourth-order valence-corrected chi connectivity index (χ4v) is 1.38. The lowest BCUT2D eigenvalue weighted by Gasteiger charge is -2.19. The molecule has 0 aliphatic carbocycles. The van der Waals surface area contributed by atoms with Gasteiger partial charge in [-0.2, -0.15) is 0 Å². The minimum absolute atomic E-state index is 0.00893. The van der Waals surface area contributed by atoms with E-state index in [9.17, 15) is 9.59 Å². The first-order valence-electron chi connectivity index (χ1n) is 6.08. The lowest BCUT2D eigenvalue weighted by atomic mass is 10.1. The second kappa shape index (κ2) is 7.42. The van der Waals surface area contributed by atoms with Gasteiger partial charge in [-0.3, -0.25) is 9.59 Å². The van der Waals surface area contributed by atoms with Crippen LogP contribution in [0.2, 0.25) is 0 Å². The average Bonchev–Trinajstić information content (AvgIpc) is 2.09. The van der Waals surface area contributed by atoms with E-state index in [1.54, 1.807) is 20.8 Å². The van der Waals surface area contributed by atoms with Crippen LogP contribution in [0.1, 0.15) is 66.2 Å². The molecule has 94 valence electrons. The van der Waals surface area contributed by atoms with Gasteiger partial charge < -0.3 is 4.74 Å². The highest BCUT2D eigenvalue weighted by Gasteiger charge is 2.18. The van der Waals surface area contributed by atoms with Gasteiger partial charge in [-0.05, 0) is 27.2 Å². The van der Waals surface area contributed by atoms with Crippen LogP contribution in [-0.4, -0.2) is 17.4 Å². The Balaban J connectivity index is 3.67. The number of ketones is 1. The highest BCUT2D eigenvalue weighted by atomic mass is 16.6. The maximum Gasteiger partial charge on any atom is 0.313 e. The second-order valence-corrected chi connectivity index (χ2v) is 5.11. The Labute approximate surface area is 98.6 Å². The van der Waals surface area contributed by atoms with E-state index in [-0.39, 0.29) is 12.2 Å². The molecule has 3 nitrogen and oxygen atoms in total. The molecule has 0 heterocycles. The van der Waals surface area contributed by atoms with Gasteiger partial charge in [-0.1, -0.05) is 26.2 Å². The zero-order chi connectivity index (χ0) is 12.6. The van der Waals surface area contributed by atoms with Crippen molar-refractivity contribution in [1.82, 2.24) is 0 Å². The lowest BCUT2D eigenvalue weighted by molar-refractivity contribution is -0.156. The predicted octanol–water partition coefficient (Wildman–Crippen LogP) is 3.26. The zero-order valence-corrected chi connectivity index (χ0v) is 11.0. The highest BCUT2D eigenvalue weighted by Crippen LogP contribution is 2.10. The molecular weight excluding hydrogens is 204 g/mol. The molecule has 0 aliphatic rings. The minimum atomic E-state index is -0.500. The van der Waals surface area contributed by atoms with E-state index < -0.39 is 11.6 Å². The molecule has 0 radical (unpaired) electrons. The quantitative estimate of drug-likeness (QED) is 0.381. The number of unbranched alkanes of at least 4 members (excludes halogenated alkanes) is 3. The third-order valence-electron chi connectivity index (χ3n) is 2.07. The van der Waals surface area contributed by atoms with Crippen molar-refractivity contribution in [2.24, 2.45) is 0 Å². The first-order valence-corrected chi connectivity index (χ1v) is 6.08. The van der Waals surface area contributed by atoms with E-state index in [1.165, 1.54) is 0 Å². The number of ether oxygens (including phenoxy) is 1. The van der Waals surface area contributed by atoms with Crippen LogP contribution in [0.3, 0.4) is 0 Å². The van der Waals surface area contributed by atoms with E-state index in [0.717, 1.165) is 25.7 Å². The van der Waals surface area contributed by atoms with Crippen molar-refractivity contribution in [3.05, 3.63) is 0 Å². The summed E-state index contributed by atoms with van der Waals surface area (Å²) >= 11 is 0. The number of rotatable bonds is 7. The molecule has 0 atom stereocenters.